The highest BCUT2D eigenvalue weighted by molar-refractivity contribution is 6.01. The molecule has 0 fully saturated rings. The highest BCUT2D eigenvalue weighted by atomic mass is 16.5. The van der Waals surface area contributed by atoms with Crippen LogP contribution < -0.4 is 15.4 Å². The Bertz CT molecular complexity index is 725. The number of nitrogens with zero attached hydrogens (tertiary/aromatic N) is 1. The summed E-state index contributed by atoms with van der Waals surface area (Å²) in [6, 6.07) is 14.8. The van der Waals surface area contributed by atoms with Gasteiger partial charge in [-0.05, 0) is 19.1 Å². The fraction of sp³-hybridized carbons (Fsp3) is 0.167. The maximum atomic E-state index is 12.8. The van der Waals surface area contributed by atoms with Gasteiger partial charge in [-0.3, -0.25) is 4.79 Å². The van der Waals surface area contributed by atoms with Crippen molar-refractivity contribution in [3.63, 3.8) is 0 Å². The molecule has 2 aromatic rings. The minimum absolute atomic E-state index is 0.0912. The number of benzene rings is 2. The summed E-state index contributed by atoms with van der Waals surface area (Å²) in [6.07, 6.45) is -0.658. The van der Waals surface area contributed by atoms with E-state index in [1.54, 1.807) is 17.0 Å². The van der Waals surface area contributed by atoms with Gasteiger partial charge in [-0.25, -0.2) is 0 Å². The molecule has 1 aliphatic rings. The largest absolute Gasteiger partial charge is 0.474 e. The van der Waals surface area contributed by atoms with E-state index >= 15 is 0 Å². The number of hydrogen-bond donors (Lipinski definition) is 1. The summed E-state index contributed by atoms with van der Waals surface area (Å²) in [6.45, 7) is 6.27. The van der Waals surface area contributed by atoms with Crippen LogP contribution in [0.1, 0.15) is 18.6 Å². The van der Waals surface area contributed by atoms with Crippen molar-refractivity contribution in [3.8, 4) is 5.75 Å². The molecular formula is C18H18N2O2. The Morgan fingerprint density at radius 3 is 2.68 bits per heavy atom. The van der Waals surface area contributed by atoms with Crippen molar-refractivity contribution >= 4 is 17.3 Å². The first-order chi connectivity index (χ1) is 10.6. The lowest BCUT2D eigenvalue weighted by atomic mass is 10.0. The molecule has 0 radical (unpaired) electrons. The molecule has 4 nitrogen and oxygen atoms in total. The van der Waals surface area contributed by atoms with E-state index in [1.165, 1.54) is 0 Å². The lowest BCUT2D eigenvalue weighted by molar-refractivity contribution is -0.126. The lowest BCUT2D eigenvalue weighted by Crippen LogP contribution is -2.42. The molecule has 0 bridgehead atoms. The first-order valence-corrected chi connectivity index (χ1v) is 7.13. The van der Waals surface area contributed by atoms with Gasteiger partial charge in [0.2, 0.25) is 6.10 Å². The Hall–Kier alpha value is -2.75. The Balaban J connectivity index is 2.06. The summed E-state index contributed by atoms with van der Waals surface area (Å²) in [5.41, 5.74) is 8.92. The molecule has 1 aliphatic heterocycles. The standard InChI is InChI=1S/C18H18N2O2/c1-12(2)11-20-15-9-8-14(19)10-16(15)22-17(18(20)21)13-6-4-3-5-7-13/h3-10,17H,1,11,19H2,2H3. The van der Waals surface area contributed by atoms with E-state index in [0.717, 1.165) is 16.8 Å². The molecule has 1 amide bonds. The first-order valence-electron chi connectivity index (χ1n) is 7.13. The molecule has 22 heavy (non-hydrogen) atoms. The molecule has 0 aromatic heterocycles. The number of nitrogens with two attached hydrogens (primary N) is 1. The summed E-state index contributed by atoms with van der Waals surface area (Å²) in [5.74, 6) is 0.529. The Kier molecular flexibility index (Phi) is 3.59. The Morgan fingerprint density at radius 2 is 2.00 bits per heavy atom. The average Bonchev–Trinajstić information content (AvgIpc) is 2.50. The zero-order valence-corrected chi connectivity index (χ0v) is 12.5. The molecule has 0 saturated carbocycles. The third-order valence-corrected chi connectivity index (χ3v) is 3.54. The van der Waals surface area contributed by atoms with E-state index in [2.05, 4.69) is 6.58 Å². The van der Waals surface area contributed by atoms with Gasteiger partial charge in [0.05, 0.1) is 5.69 Å². The first kappa shape index (κ1) is 14.2. The Morgan fingerprint density at radius 1 is 1.27 bits per heavy atom. The molecule has 0 aliphatic carbocycles. The van der Waals surface area contributed by atoms with Crippen molar-refractivity contribution in [2.45, 2.75) is 13.0 Å². The van der Waals surface area contributed by atoms with E-state index in [-0.39, 0.29) is 5.91 Å². The van der Waals surface area contributed by atoms with Gasteiger partial charge in [0.1, 0.15) is 5.75 Å². The minimum atomic E-state index is -0.658. The van der Waals surface area contributed by atoms with Crippen molar-refractivity contribution in [2.75, 3.05) is 17.2 Å². The van der Waals surface area contributed by atoms with Gasteiger partial charge >= 0.3 is 0 Å². The van der Waals surface area contributed by atoms with Crippen molar-refractivity contribution in [1.82, 2.24) is 0 Å². The predicted octanol–water partition coefficient (Wildman–Crippen LogP) is 3.31. The summed E-state index contributed by atoms with van der Waals surface area (Å²) < 4.78 is 5.92. The quantitative estimate of drug-likeness (QED) is 0.698. The number of fused-ring (bicyclic) bond motifs is 1. The van der Waals surface area contributed by atoms with Gasteiger partial charge in [0.15, 0.2) is 0 Å². The third-order valence-electron chi connectivity index (χ3n) is 3.54. The van der Waals surface area contributed by atoms with Crippen LogP contribution in [0.4, 0.5) is 11.4 Å². The number of rotatable bonds is 3. The third kappa shape index (κ3) is 2.55. The number of amides is 1. The molecule has 112 valence electrons. The van der Waals surface area contributed by atoms with E-state index in [9.17, 15) is 4.79 Å². The van der Waals surface area contributed by atoms with Crippen LogP contribution in [-0.4, -0.2) is 12.5 Å². The number of anilines is 2. The second-order valence-corrected chi connectivity index (χ2v) is 5.52. The SMILES string of the molecule is C=C(C)CN1C(=O)C(c2ccccc2)Oc2cc(N)ccc21. The predicted molar refractivity (Wildman–Crippen MR) is 87.8 cm³/mol. The number of hydrogen-bond acceptors (Lipinski definition) is 3. The highest BCUT2D eigenvalue weighted by Crippen LogP contribution is 2.40. The van der Waals surface area contributed by atoms with Crippen molar-refractivity contribution in [1.29, 1.82) is 0 Å². The van der Waals surface area contributed by atoms with Crippen LogP contribution in [0.2, 0.25) is 0 Å². The van der Waals surface area contributed by atoms with Gasteiger partial charge in [-0.1, -0.05) is 42.5 Å². The van der Waals surface area contributed by atoms with Crippen molar-refractivity contribution in [3.05, 3.63) is 66.2 Å². The lowest BCUT2D eigenvalue weighted by Gasteiger charge is -2.34. The monoisotopic (exact) mass is 294 g/mol. The second-order valence-electron chi connectivity index (χ2n) is 5.52. The summed E-state index contributed by atoms with van der Waals surface area (Å²) in [5, 5.41) is 0. The van der Waals surface area contributed by atoms with Crippen molar-refractivity contribution in [2.24, 2.45) is 0 Å². The van der Waals surface area contributed by atoms with Gasteiger partial charge in [0.25, 0.3) is 5.91 Å². The molecule has 1 unspecified atom stereocenters. The zero-order chi connectivity index (χ0) is 15.7. The van der Waals surface area contributed by atoms with Crippen LogP contribution in [0.5, 0.6) is 5.75 Å². The summed E-state index contributed by atoms with van der Waals surface area (Å²) >= 11 is 0. The smallest absolute Gasteiger partial charge is 0.273 e. The summed E-state index contributed by atoms with van der Waals surface area (Å²) in [7, 11) is 0. The Labute approximate surface area is 129 Å². The van der Waals surface area contributed by atoms with E-state index < -0.39 is 6.10 Å². The van der Waals surface area contributed by atoms with Crippen LogP contribution >= 0.6 is 0 Å². The maximum Gasteiger partial charge on any atom is 0.273 e. The molecule has 4 heteroatoms. The average molecular weight is 294 g/mol. The van der Waals surface area contributed by atoms with Crippen LogP contribution in [0.3, 0.4) is 0 Å². The van der Waals surface area contributed by atoms with E-state index in [4.69, 9.17) is 10.5 Å². The zero-order valence-electron chi connectivity index (χ0n) is 12.5. The number of ether oxygens (including phenoxy) is 1. The van der Waals surface area contributed by atoms with Crippen LogP contribution in [0.25, 0.3) is 0 Å². The van der Waals surface area contributed by atoms with E-state index in [1.807, 2.05) is 43.3 Å². The fourth-order valence-corrected chi connectivity index (χ4v) is 2.56. The molecule has 2 aromatic carbocycles. The number of carbonyl (C=O) groups is 1. The molecule has 2 N–H and O–H groups in total. The van der Waals surface area contributed by atoms with Crippen LogP contribution in [0, 0.1) is 0 Å². The molecule has 0 spiro atoms. The fourth-order valence-electron chi connectivity index (χ4n) is 2.56. The second kappa shape index (κ2) is 5.56. The maximum absolute atomic E-state index is 12.8. The summed E-state index contributed by atoms with van der Waals surface area (Å²) in [4.78, 5) is 14.5. The molecule has 3 rings (SSSR count). The van der Waals surface area contributed by atoms with Gasteiger partial charge in [-0.2, -0.15) is 0 Å². The molecule has 1 heterocycles. The van der Waals surface area contributed by atoms with Gasteiger partial charge < -0.3 is 15.4 Å². The molecule has 0 saturated heterocycles. The minimum Gasteiger partial charge on any atom is -0.474 e. The van der Waals surface area contributed by atoms with Crippen LogP contribution in [-0.2, 0) is 4.79 Å². The molecule has 1 atom stereocenters. The number of carbonyl (C=O) groups excluding carboxylic acids is 1. The van der Waals surface area contributed by atoms with Gasteiger partial charge in [-0.15, -0.1) is 0 Å². The van der Waals surface area contributed by atoms with Crippen LogP contribution in [0.15, 0.2) is 60.7 Å². The van der Waals surface area contributed by atoms with Gasteiger partial charge in [0, 0.05) is 23.9 Å². The normalized spacial score (nSPS) is 16.9. The topological polar surface area (TPSA) is 55.6 Å². The highest BCUT2D eigenvalue weighted by Gasteiger charge is 2.35. The van der Waals surface area contributed by atoms with E-state index in [0.29, 0.717) is 18.0 Å². The number of nitrogen functional groups attached to an aromatic ring is 1. The molecular weight excluding hydrogens is 276 g/mol. The van der Waals surface area contributed by atoms with Crippen molar-refractivity contribution < 1.29 is 9.53 Å².